The minimum Gasteiger partial charge on any atom is -0.274 e. The van der Waals surface area contributed by atoms with Gasteiger partial charge in [0, 0.05) is 6.04 Å². The van der Waals surface area contributed by atoms with Gasteiger partial charge in [-0.05, 0) is 56.2 Å². The van der Waals surface area contributed by atoms with Crippen molar-refractivity contribution in [2.24, 2.45) is 0 Å². The number of carbonyl (C=O) groups excluding carboxylic acids is 2. The highest BCUT2D eigenvalue weighted by atomic mass is 32.2. The third kappa shape index (κ3) is 3.65. The molecule has 4 rings (SSSR count). The van der Waals surface area contributed by atoms with E-state index in [1.807, 2.05) is 6.92 Å². The lowest BCUT2D eigenvalue weighted by atomic mass is 10.1. The van der Waals surface area contributed by atoms with E-state index in [9.17, 15) is 22.4 Å². The average Bonchev–Trinajstić information content (AvgIpc) is 3.32. The van der Waals surface area contributed by atoms with Crippen LogP contribution in [0.25, 0.3) is 0 Å². The number of halogens is 1. The number of anilines is 1. The summed E-state index contributed by atoms with van der Waals surface area (Å²) >= 11 is 0. The molecular formula is C22H23FN2O4S. The first-order valence-corrected chi connectivity index (χ1v) is 11.5. The molecule has 158 valence electrons. The summed E-state index contributed by atoms with van der Waals surface area (Å²) in [7, 11) is -4.09. The predicted octanol–water partition coefficient (Wildman–Crippen LogP) is 3.40. The Hall–Kier alpha value is -2.58. The zero-order valence-electron chi connectivity index (χ0n) is 16.6. The number of hydrogen-bond acceptors (Lipinski definition) is 4. The summed E-state index contributed by atoms with van der Waals surface area (Å²) in [5.41, 5.74) is 1.42. The maximum Gasteiger partial charge on any atom is 0.252 e. The normalized spacial score (nSPS) is 20.5. The van der Waals surface area contributed by atoms with Crippen LogP contribution in [0.15, 0.2) is 53.4 Å². The average molecular weight is 431 g/mol. The molecule has 1 saturated heterocycles. The van der Waals surface area contributed by atoms with E-state index < -0.39 is 33.7 Å². The SMILES string of the molecule is Cc1ccc(N2C(=O)CC(N(C3CCCC3)S(=O)(=O)c3ccc(F)cc3)C2=O)cc1. The highest BCUT2D eigenvalue weighted by molar-refractivity contribution is 7.89. The van der Waals surface area contributed by atoms with Gasteiger partial charge in [0.05, 0.1) is 17.0 Å². The maximum atomic E-state index is 13.5. The van der Waals surface area contributed by atoms with Crippen LogP contribution >= 0.6 is 0 Å². The minimum atomic E-state index is -4.09. The summed E-state index contributed by atoms with van der Waals surface area (Å²) in [5, 5.41) is 0. The van der Waals surface area contributed by atoms with Crippen molar-refractivity contribution in [2.45, 2.75) is 56.0 Å². The van der Waals surface area contributed by atoms with Gasteiger partial charge in [-0.2, -0.15) is 4.31 Å². The molecule has 1 heterocycles. The van der Waals surface area contributed by atoms with Gasteiger partial charge in [0.2, 0.25) is 15.9 Å². The van der Waals surface area contributed by atoms with Gasteiger partial charge in [-0.25, -0.2) is 17.7 Å². The molecular weight excluding hydrogens is 407 g/mol. The van der Waals surface area contributed by atoms with Crippen molar-refractivity contribution in [3.05, 3.63) is 59.9 Å². The van der Waals surface area contributed by atoms with Gasteiger partial charge in [0.15, 0.2) is 0 Å². The van der Waals surface area contributed by atoms with Crippen molar-refractivity contribution in [3.63, 3.8) is 0 Å². The Bertz CT molecular complexity index is 1060. The lowest BCUT2D eigenvalue weighted by molar-refractivity contribution is -0.122. The summed E-state index contributed by atoms with van der Waals surface area (Å²) in [5.74, 6) is -1.51. The Labute approximate surface area is 175 Å². The number of amides is 2. The van der Waals surface area contributed by atoms with Crippen LogP contribution in [-0.2, 0) is 19.6 Å². The molecule has 0 radical (unpaired) electrons. The van der Waals surface area contributed by atoms with Crippen LogP contribution in [0.3, 0.4) is 0 Å². The van der Waals surface area contributed by atoms with Gasteiger partial charge in [-0.3, -0.25) is 9.59 Å². The number of aryl methyl sites for hydroxylation is 1. The molecule has 0 aromatic heterocycles. The van der Waals surface area contributed by atoms with Gasteiger partial charge >= 0.3 is 0 Å². The van der Waals surface area contributed by atoms with E-state index in [1.54, 1.807) is 24.3 Å². The molecule has 0 N–H and O–H groups in total. The van der Waals surface area contributed by atoms with Crippen LogP contribution in [0, 0.1) is 12.7 Å². The third-order valence-electron chi connectivity index (χ3n) is 5.80. The Morgan fingerprint density at radius 2 is 1.57 bits per heavy atom. The first kappa shape index (κ1) is 20.7. The van der Waals surface area contributed by atoms with Crippen molar-refractivity contribution < 1.29 is 22.4 Å². The number of imide groups is 1. The number of rotatable bonds is 5. The maximum absolute atomic E-state index is 13.5. The van der Waals surface area contributed by atoms with E-state index in [0.29, 0.717) is 18.5 Å². The Morgan fingerprint density at radius 3 is 2.17 bits per heavy atom. The van der Waals surface area contributed by atoms with Crippen LogP contribution in [0.5, 0.6) is 0 Å². The van der Waals surface area contributed by atoms with Crippen molar-refractivity contribution >= 4 is 27.5 Å². The summed E-state index contributed by atoms with van der Waals surface area (Å²) in [4.78, 5) is 27.0. The van der Waals surface area contributed by atoms with E-state index in [1.165, 1.54) is 16.4 Å². The summed E-state index contributed by atoms with van der Waals surface area (Å²) in [6.07, 6.45) is 2.77. The summed E-state index contributed by atoms with van der Waals surface area (Å²) in [6, 6.07) is 10.1. The number of hydrogen-bond donors (Lipinski definition) is 0. The smallest absolute Gasteiger partial charge is 0.252 e. The van der Waals surface area contributed by atoms with E-state index in [0.717, 1.165) is 35.4 Å². The predicted molar refractivity (Wildman–Crippen MR) is 110 cm³/mol. The molecule has 1 aliphatic carbocycles. The number of nitrogens with zero attached hydrogens (tertiary/aromatic N) is 2. The standard InChI is InChI=1S/C22H23FN2O4S/c1-15-6-10-17(11-7-15)24-21(26)14-20(22(24)27)25(18-4-2-3-5-18)30(28,29)19-12-8-16(23)9-13-19/h6-13,18,20H,2-5,14H2,1H3. The summed E-state index contributed by atoms with van der Waals surface area (Å²) in [6.45, 7) is 1.90. The molecule has 1 unspecified atom stereocenters. The Kier molecular flexibility index (Phi) is 5.46. The molecule has 0 spiro atoms. The van der Waals surface area contributed by atoms with Gasteiger partial charge in [0.25, 0.3) is 5.91 Å². The number of carbonyl (C=O) groups is 2. The van der Waals surface area contributed by atoms with Crippen molar-refractivity contribution in [1.82, 2.24) is 4.31 Å². The van der Waals surface area contributed by atoms with Gasteiger partial charge in [-0.1, -0.05) is 30.5 Å². The molecule has 2 amide bonds. The molecule has 2 aromatic rings. The molecule has 2 aliphatic rings. The Balaban J connectivity index is 1.73. The molecule has 30 heavy (non-hydrogen) atoms. The quantitative estimate of drug-likeness (QED) is 0.682. The molecule has 0 bridgehead atoms. The van der Waals surface area contributed by atoms with E-state index in [4.69, 9.17) is 0 Å². The molecule has 2 fully saturated rings. The fourth-order valence-corrected chi connectivity index (χ4v) is 6.11. The monoisotopic (exact) mass is 430 g/mol. The molecule has 6 nitrogen and oxygen atoms in total. The zero-order valence-corrected chi connectivity index (χ0v) is 17.4. The van der Waals surface area contributed by atoms with Crippen LogP contribution in [0.4, 0.5) is 10.1 Å². The largest absolute Gasteiger partial charge is 0.274 e. The highest BCUT2D eigenvalue weighted by Gasteiger charge is 2.49. The second kappa shape index (κ2) is 7.92. The minimum absolute atomic E-state index is 0.0789. The number of sulfonamides is 1. The molecule has 2 aromatic carbocycles. The van der Waals surface area contributed by atoms with Gasteiger partial charge in [-0.15, -0.1) is 0 Å². The molecule has 1 aliphatic heterocycles. The molecule has 8 heteroatoms. The van der Waals surface area contributed by atoms with Crippen LogP contribution < -0.4 is 4.90 Å². The van der Waals surface area contributed by atoms with E-state index >= 15 is 0 Å². The van der Waals surface area contributed by atoms with Crippen LogP contribution in [-0.4, -0.2) is 36.6 Å². The molecule has 1 atom stereocenters. The van der Waals surface area contributed by atoms with E-state index in [2.05, 4.69) is 0 Å². The topological polar surface area (TPSA) is 74.8 Å². The highest BCUT2D eigenvalue weighted by Crippen LogP contribution is 2.35. The van der Waals surface area contributed by atoms with Crippen LogP contribution in [0.1, 0.15) is 37.7 Å². The third-order valence-corrected chi connectivity index (χ3v) is 7.77. The first-order valence-electron chi connectivity index (χ1n) is 10.0. The van der Waals surface area contributed by atoms with E-state index in [-0.39, 0.29) is 17.4 Å². The van der Waals surface area contributed by atoms with Gasteiger partial charge < -0.3 is 0 Å². The Morgan fingerprint density at radius 1 is 0.967 bits per heavy atom. The lowest BCUT2D eigenvalue weighted by Crippen LogP contribution is -2.49. The second-order valence-electron chi connectivity index (χ2n) is 7.85. The first-order chi connectivity index (χ1) is 14.3. The second-order valence-corrected chi connectivity index (χ2v) is 9.69. The van der Waals surface area contributed by atoms with Gasteiger partial charge in [0.1, 0.15) is 11.9 Å². The van der Waals surface area contributed by atoms with Crippen molar-refractivity contribution in [2.75, 3.05) is 4.90 Å². The van der Waals surface area contributed by atoms with Crippen molar-refractivity contribution in [1.29, 1.82) is 0 Å². The molecule has 1 saturated carbocycles. The summed E-state index contributed by atoms with van der Waals surface area (Å²) < 4.78 is 41.5. The zero-order chi connectivity index (χ0) is 21.5. The van der Waals surface area contributed by atoms with Crippen LogP contribution in [0.2, 0.25) is 0 Å². The lowest BCUT2D eigenvalue weighted by Gasteiger charge is -2.32. The fourth-order valence-electron chi connectivity index (χ4n) is 4.29. The number of benzene rings is 2. The van der Waals surface area contributed by atoms with Crippen molar-refractivity contribution in [3.8, 4) is 0 Å². The fraction of sp³-hybridized carbons (Fsp3) is 0.364.